The molecule has 0 aromatic heterocycles. The van der Waals surface area contributed by atoms with E-state index in [9.17, 15) is 17.6 Å². The summed E-state index contributed by atoms with van der Waals surface area (Å²) in [6.07, 6.45) is -0.617. The SMILES string of the molecule is CN(C)CC=CC1c2ccc(F)cc2Sc2c1cccc2C(F)(F)F. The second-order valence-electron chi connectivity index (χ2n) is 6.17. The van der Waals surface area contributed by atoms with E-state index in [0.717, 1.165) is 23.4 Å². The number of hydrogen-bond acceptors (Lipinski definition) is 2. The topological polar surface area (TPSA) is 3.24 Å². The van der Waals surface area contributed by atoms with Gasteiger partial charge in [-0.2, -0.15) is 13.2 Å². The van der Waals surface area contributed by atoms with Crippen LogP contribution in [0.2, 0.25) is 0 Å². The Morgan fingerprint density at radius 2 is 1.88 bits per heavy atom. The van der Waals surface area contributed by atoms with E-state index in [4.69, 9.17) is 0 Å². The molecule has 0 bridgehead atoms. The van der Waals surface area contributed by atoms with Gasteiger partial charge in [0, 0.05) is 22.3 Å². The van der Waals surface area contributed by atoms with Crippen molar-refractivity contribution in [1.29, 1.82) is 0 Å². The minimum atomic E-state index is -4.44. The van der Waals surface area contributed by atoms with Gasteiger partial charge >= 0.3 is 6.18 Å². The lowest BCUT2D eigenvalue weighted by Gasteiger charge is -2.28. The second-order valence-corrected chi connectivity index (χ2v) is 7.23. The lowest BCUT2D eigenvalue weighted by molar-refractivity contribution is -0.139. The highest BCUT2D eigenvalue weighted by Gasteiger charge is 2.37. The molecule has 1 heterocycles. The number of nitrogens with zero attached hydrogens (tertiary/aromatic N) is 1. The van der Waals surface area contributed by atoms with Crippen LogP contribution in [0.25, 0.3) is 0 Å². The molecule has 0 radical (unpaired) electrons. The fraction of sp³-hybridized carbons (Fsp3) is 0.263. The minimum absolute atomic E-state index is 0.160. The molecule has 25 heavy (non-hydrogen) atoms. The summed E-state index contributed by atoms with van der Waals surface area (Å²) in [7, 11) is 3.83. The monoisotopic (exact) mass is 367 g/mol. The predicted octanol–water partition coefficient (Wildman–Crippen LogP) is 5.56. The van der Waals surface area contributed by atoms with Gasteiger partial charge in [-0.25, -0.2) is 4.39 Å². The summed E-state index contributed by atoms with van der Waals surface area (Å²) in [5.41, 5.74) is 0.762. The van der Waals surface area contributed by atoms with Crippen molar-refractivity contribution in [3.63, 3.8) is 0 Å². The summed E-state index contributed by atoms with van der Waals surface area (Å²) in [6, 6.07) is 8.55. The van der Waals surface area contributed by atoms with Crippen molar-refractivity contribution >= 4 is 11.8 Å². The minimum Gasteiger partial charge on any atom is -0.306 e. The first-order valence-electron chi connectivity index (χ1n) is 7.76. The third-order valence-electron chi connectivity index (χ3n) is 4.01. The molecule has 1 atom stereocenters. The first-order valence-corrected chi connectivity index (χ1v) is 8.58. The normalized spacial score (nSPS) is 17.0. The molecule has 0 saturated heterocycles. The summed E-state index contributed by atoms with van der Waals surface area (Å²) in [5.74, 6) is -0.774. The lowest BCUT2D eigenvalue weighted by atomic mass is 9.89. The van der Waals surface area contributed by atoms with Gasteiger partial charge in [0.1, 0.15) is 5.82 Å². The van der Waals surface area contributed by atoms with Crippen molar-refractivity contribution in [2.24, 2.45) is 0 Å². The Balaban J connectivity index is 2.14. The Hall–Kier alpha value is -1.79. The number of likely N-dealkylation sites (N-methyl/N-ethyl adjacent to an activating group) is 1. The quantitative estimate of drug-likeness (QED) is 0.516. The van der Waals surface area contributed by atoms with Crippen LogP contribution >= 0.6 is 11.8 Å². The van der Waals surface area contributed by atoms with Gasteiger partial charge in [0.15, 0.2) is 0 Å². The molecule has 0 saturated carbocycles. The molecule has 0 spiro atoms. The molecule has 0 aliphatic carbocycles. The average Bonchev–Trinajstić information content (AvgIpc) is 2.52. The molecular formula is C19H17F4NS. The highest BCUT2D eigenvalue weighted by molar-refractivity contribution is 7.99. The number of fused-ring (bicyclic) bond motifs is 2. The van der Waals surface area contributed by atoms with Crippen LogP contribution in [-0.2, 0) is 6.18 Å². The van der Waals surface area contributed by atoms with E-state index < -0.39 is 17.6 Å². The van der Waals surface area contributed by atoms with E-state index in [2.05, 4.69) is 0 Å². The van der Waals surface area contributed by atoms with Crippen molar-refractivity contribution in [2.45, 2.75) is 21.9 Å². The van der Waals surface area contributed by atoms with Gasteiger partial charge in [-0.05, 0) is 43.4 Å². The fourth-order valence-corrected chi connectivity index (χ4v) is 4.19. The van der Waals surface area contributed by atoms with Crippen LogP contribution in [0.15, 0.2) is 58.3 Å². The number of hydrogen-bond donors (Lipinski definition) is 0. The molecule has 1 nitrogen and oxygen atoms in total. The summed E-state index contributed by atoms with van der Waals surface area (Å²) in [4.78, 5) is 2.66. The van der Waals surface area contributed by atoms with Crippen molar-refractivity contribution in [2.75, 3.05) is 20.6 Å². The second kappa shape index (κ2) is 6.84. The summed E-state index contributed by atoms with van der Waals surface area (Å²) in [5, 5.41) is 0. The third-order valence-corrected chi connectivity index (χ3v) is 5.24. The van der Waals surface area contributed by atoms with Crippen LogP contribution in [0.3, 0.4) is 0 Å². The molecule has 2 aromatic rings. The number of rotatable bonds is 3. The molecule has 132 valence electrons. The van der Waals surface area contributed by atoms with Crippen LogP contribution in [0.1, 0.15) is 22.6 Å². The zero-order chi connectivity index (χ0) is 18.2. The first-order chi connectivity index (χ1) is 11.8. The van der Waals surface area contributed by atoms with E-state index in [1.165, 1.54) is 18.2 Å². The molecule has 6 heteroatoms. The van der Waals surface area contributed by atoms with Gasteiger partial charge in [-0.3, -0.25) is 0 Å². The van der Waals surface area contributed by atoms with E-state index in [-0.39, 0.29) is 10.8 Å². The van der Waals surface area contributed by atoms with Crippen LogP contribution in [0.5, 0.6) is 0 Å². The standard InChI is InChI=1S/C19H17F4NS/c1-24(2)10-4-6-13-14-9-8-12(20)11-17(14)25-18-15(13)5-3-7-16(18)19(21,22)23/h3-9,11,13H,10H2,1-2H3. The molecule has 1 unspecified atom stereocenters. The first kappa shape index (κ1) is 18.0. The van der Waals surface area contributed by atoms with Crippen LogP contribution in [0.4, 0.5) is 17.6 Å². The van der Waals surface area contributed by atoms with E-state index in [1.807, 2.05) is 31.1 Å². The number of halogens is 4. The van der Waals surface area contributed by atoms with Crippen molar-refractivity contribution in [3.05, 3.63) is 71.1 Å². The summed E-state index contributed by atoms with van der Waals surface area (Å²) >= 11 is 0.989. The van der Waals surface area contributed by atoms with Gasteiger partial charge in [-0.15, -0.1) is 0 Å². The fourth-order valence-electron chi connectivity index (χ4n) is 2.88. The maximum atomic E-state index is 13.6. The molecule has 1 aliphatic rings. The van der Waals surface area contributed by atoms with Crippen LogP contribution in [0, 0.1) is 5.82 Å². The Kier molecular flexibility index (Phi) is 4.93. The highest BCUT2D eigenvalue weighted by Crippen LogP contribution is 2.50. The Labute approximate surface area is 148 Å². The number of benzene rings is 2. The summed E-state index contributed by atoms with van der Waals surface area (Å²) in [6.45, 7) is 0.675. The van der Waals surface area contributed by atoms with Crippen LogP contribution in [-0.4, -0.2) is 25.5 Å². The van der Waals surface area contributed by atoms with E-state index in [1.54, 1.807) is 12.1 Å². The van der Waals surface area contributed by atoms with E-state index >= 15 is 0 Å². The third kappa shape index (κ3) is 3.75. The molecule has 3 rings (SSSR count). The van der Waals surface area contributed by atoms with E-state index in [0.29, 0.717) is 17.0 Å². The zero-order valence-electron chi connectivity index (χ0n) is 13.8. The van der Waals surface area contributed by atoms with Gasteiger partial charge in [-0.1, -0.05) is 42.1 Å². The average molecular weight is 367 g/mol. The van der Waals surface area contributed by atoms with Gasteiger partial charge in [0.05, 0.1) is 5.56 Å². The zero-order valence-corrected chi connectivity index (χ0v) is 14.6. The molecule has 0 amide bonds. The van der Waals surface area contributed by atoms with Crippen LogP contribution < -0.4 is 0 Å². The Morgan fingerprint density at radius 3 is 2.56 bits per heavy atom. The molecule has 0 fully saturated rings. The Morgan fingerprint density at radius 1 is 1.12 bits per heavy atom. The van der Waals surface area contributed by atoms with Gasteiger partial charge < -0.3 is 4.90 Å². The smallest absolute Gasteiger partial charge is 0.306 e. The van der Waals surface area contributed by atoms with Gasteiger partial charge in [0.2, 0.25) is 0 Å². The predicted molar refractivity (Wildman–Crippen MR) is 91.5 cm³/mol. The Bertz CT molecular complexity index is 812. The number of alkyl halides is 3. The molecule has 0 N–H and O–H groups in total. The van der Waals surface area contributed by atoms with Crippen molar-refractivity contribution < 1.29 is 17.6 Å². The highest BCUT2D eigenvalue weighted by atomic mass is 32.2. The summed E-state index contributed by atoms with van der Waals surface area (Å²) < 4.78 is 53.8. The van der Waals surface area contributed by atoms with Gasteiger partial charge in [0.25, 0.3) is 0 Å². The maximum absolute atomic E-state index is 13.6. The molecule has 1 aliphatic heterocycles. The molecular weight excluding hydrogens is 350 g/mol. The lowest BCUT2D eigenvalue weighted by Crippen LogP contribution is -2.14. The largest absolute Gasteiger partial charge is 0.417 e. The van der Waals surface area contributed by atoms with Crippen molar-refractivity contribution in [1.82, 2.24) is 4.90 Å². The van der Waals surface area contributed by atoms with Crippen molar-refractivity contribution in [3.8, 4) is 0 Å². The maximum Gasteiger partial charge on any atom is 0.417 e. The number of allylic oxidation sites excluding steroid dienone is 1. The molecule has 2 aromatic carbocycles.